The molecule has 4 rings (SSSR count). The highest BCUT2D eigenvalue weighted by atomic mass is 16.3. The smallest absolute Gasteiger partial charge is 0.228 e. The number of carbonyl (C=O) groups is 1. The van der Waals surface area contributed by atoms with E-state index in [1.54, 1.807) is 13.8 Å². The van der Waals surface area contributed by atoms with Gasteiger partial charge in [0.1, 0.15) is 0 Å². The van der Waals surface area contributed by atoms with Crippen LogP contribution in [-0.4, -0.2) is 34.6 Å². The van der Waals surface area contributed by atoms with Crippen molar-refractivity contribution >= 4 is 5.91 Å². The van der Waals surface area contributed by atoms with E-state index in [4.69, 9.17) is 0 Å². The number of nitrogens with zero attached hydrogens (tertiary/aromatic N) is 1. The van der Waals surface area contributed by atoms with Gasteiger partial charge in [-0.15, -0.1) is 0 Å². The third-order valence-electron chi connectivity index (χ3n) is 5.74. The first-order valence-corrected chi connectivity index (χ1v) is 8.33. The summed E-state index contributed by atoms with van der Waals surface area (Å²) < 4.78 is 0. The lowest BCUT2D eigenvalue weighted by molar-refractivity contribution is -0.160. The Morgan fingerprint density at radius 1 is 1.15 bits per heavy atom. The van der Waals surface area contributed by atoms with Crippen LogP contribution in [0.5, 0.6) is 0 Å². The SMILES string of the molecule is CCN(CC(C)(C)O)C(=O)C12CC3CC(CC(C3)C1)C2. The van der Waals surface area contributed by atoms with Gasteiger partial charge in [0.2, 0.25) is 5.91 Å². The molecule has 20 heavy (non-hydrogen) atoms. The van der Waals surface area contributed by atoms with E-state index in [2.05, 4.69) is 0 Å². The van der Waals surface area contributed by atoms with Crippen LogP contribution in [0.2, 0.25) is 0 Å². The molecule has 0 unspecified atom stereocenters. The standard InChI is InChI=1S/C17H29NO2/c1-4-18(11-16(2,3)20)15(19)17-8-12-5-13(9-17)7-14(6-12)10-17/h12-14,20H,4-11H2,1-3H3. The van der Waals surface area contributed by atoms with Crippen LogP contribution in [0, 0.1) is 23.2 Å². The summed E-state index contributed by atoms with van der Waals surface area (Å²) >= 11 is 0. The molecule has 4 bridgehead atoms. The minimum absolute atomic E-state index is 0.0734. The zero-order valence-corrected chi connectivity index (χ0v) is 13.2. The molecule has 0 aromatic carbocycles. The van der Waals surface area contributed by atoms with Crippen molar-refractivity contribution in [2.24, 2.45) is 23.2 Å². The van der Waals surface area contributed by atoms with Crippen LogP contribution in [0.3, 0.4) is 0 Å². The Morgan fingerprint density at radius 2 is 1.60 bits per heavy atom. The van der Waals surface area contributed by atoms with E-state index >= 15 is 0 Å². The average Bonchev–Trinajstić information content (AvgIpc) is 2.32. The molecule has 0 atom stereocenters. The lowest BCUT2D eigenvalue weighted by Crippen LogP contribution is -2.56. The molecule has 3 heteroatoms. The molecule has 0 spiro atoms. The fourth-order valence-corrected chi connectivity index (χ4v) is 5.50. The topological polar surface area (TPSA) is 40.5 Å². The Balaban J connectivity index is 1.78. The minimum Gasteiger partial charge on any atom is -0.389 e. The van der Waals surface area contributed by atoms with E-state index < -0.39 is 5.60 Å². The van der Waals surface area contributed by atoms with E-state index in [9.17, 15) is 9.90 Å². The molecule has 114 valence electrons. The maximum atomic E-state index is 13.1. The molecule has 0 radical (unpaired) electrons. The van der Waals surface area contributed by atoms with Crippen LogP contribution >= 0.6 is 0 Å². The van der Waals surface area contributed by atoms with Crippen LogP contribution in [0.25, 0.3) is 0 Å². The average molecular weight is 279 g/mol. The normalized spacial score (nSPS) is 39.1. The van der Waals surface area contributed by atoms with Crippen molar-refractivity contribution in [1.29, 1.82) is 0 Å². The number of rotatable bonds is 4. The molecule has 0 aromatic heterocycles. The van der Waals surface area contributed by atoms with E-state index in [0.717, 1.165) is 37.0 Å². The summed E-state index contributed by atoms with van der Waals surface area (Å²) in [6.45, 7) is 6.80. The molecule has 3 nitrogen and oxygen atoms in total. The number of likely N-dealkylation sites (N-methyl/N-ethyl adjacent to an activating group) is 1. The monoisotopic (exact) mass is 279 g/mol. The Bertz CT molecular complexity index is 361. The van der Waals surface area contributed by atoms with Gasteiger partial charge in [-0.2, -0.15) is 0 Å². The third kappa shape index (κ3) is 2.49. The van der Waals surface area contributed by atoms with E-state index in [1.807, 2.05) is 11.8 Å². The van der Waals surface area contributed by atoms with Crippen molar-refractivity contribution in [2.75, 3.05) is 13.1 Å². The highest BCUT2D eigenvalue weighted by Crippen LogP contribution is 2.60. The number of carbonyl (C=O) groups excluding carboxylic acids is 1. The van der Waals surface area contributed by atoms with Gasteiger partial charge >= 0.3 is 0 Å². The predicted molar refractivity (Wildman–Crippen MR) is 79.2 cm³/mol. The van der Waals surface area contributed by atoms with Crippen LogP contribution in [0.1, 0.15) is 59.3 Å². The molecule has 0 heterocycles. The molecule has 0 aliphatic heterocycles. The predicted octanol–water partition coefficient (Wildman–Crippen LogP) is 2.82. The van der Waals surface area contributed by atoms with Gasteiger partial charge in [-0.3, -0.25) is 4.79 Å². The molecule has 4 aliphatic carbocycles. The van der Waals surface area contributed by atoms with Crippen molar-refractivity contribution in [3.63, 3.8) is 0 Å². The molecular weight excluding hydrogens is 250 g/mol. The van der Waals surface area contributed by atoms with Gasteiger partial charge in [-0.25, -0.2) is 0 Å². The molecule has 1 amide bonds. The lowest BCUT2D eigenvalue weighted by Gasteiger charge is -2.56. The van der Waals surface area contributed by atoms with Crippen molar-refractivity contribution in [1.82, 2.24) is 4.90 Å². The highest BCUT2D eigenvalue weighted by Gasteiger charge is 2.55. The van der Waals surface area contributed by atoms with Gasteiger partial charge in [0.25, 0.3) is 0 Å². The zero-order valence-electron chi connectivity index (χ0n) is 13.2. The van der Waals surface area contributed by atoms with Gasteiger partial charge in [-0.05, 0) is 77.0 Å². The first-order valence-electron chi connectivity index (χ1n) is 8.33. The Labute approximate surface area is 122 Å². The van der Waals surface area contributed by atoms with Crippen molar-refractivity contribution in [3.8, 4) is 0 Å². The second kappa shape index (κ2) is 4.72. The highest BCUT2D eigenvalue weighted by molar-refractivity contribution is 5.83. The molecule has 4 saturated carbocycles. The maximum absolute atomic E-state index is 13.1. The van der Waals surface area contributed by atoms with E-state index in [0.29, 0.717) is 19.0 Å². The van der Waals surface area contributed by atoms with Gasteiger partial charge in [0.15, 0.2) is 0 Å². The summed E-state index contributed by atoms with van der Waals surface area (Å²) in [5, 5.41) is 10.1. The van der Waals surface area contributed by atoms with Gasteiger partial charge in [0, 0.05) is 13.1 Å². The zero-order chi connectivity index (χ0) is 14.5. The van der Waals surface area contributed by atoms with Crippen molar-refractivity contribution < 1.29 is 9.90 Å². The summed E-state index contributed by atoms with van der Waals surface area (Å²) in [7, 11) is 0. The number of amides is 1. The lowest BCUT2D eigenvalue weighted by atomic mass is 9.49. The fraction of sp³-hybridized carbons (Fsp3) is 0.941. The first kappa shape index (κ1) is 14.4. The molecular formula is C17H29NO2. The molecule has 4 fully saturated rings. The minimum atomic E-state index is -0.798. The summed E-state index contributed by atoms with van der Waals surface area (Å²) in [4.78, 5) is 15.0. The molecule has 4 aliphatic rings. The van der Waals surface area contributed by atoms with Crippen LogP contribution in [0.4, 0.5) is 0 Å². The number of hydrogen-bond donors (Lipinski definition) is 1. The van der Waals surface area contributed by atoms with Gasteiger partial charge in [-0.1, -0.05) is 0 Å². The van der Waals surface area contributed by atoms with Crippen LogP contribution in [-0.2, 0) is 4.79 Å². The summed E-state index contributed by atoms with van der Waals surface area (Å²) in [5.41, 5.74) is -0.871. The number of hydrogen-bond acceptors (Lipinski definition) is 2. The number of aliphatic hydroxyl groups is 1. The van der Waals surface area contributed by atoms with Crippen molar-refractivity contribution in [3.05, 3.63) is 0 Å². The van der Waals surface area contributed by atoms with E-state index in [1.165, 1.54) is 19.3 Å². The van der Waals surface area contributed by atoms with Gasteiger partial charge < -0.3 is 10.0 Å². The van der Waals surface area contributed by atoms with Gasteiger partial charge in [0.05, 0.1) is 11.0 Å². The summed E-state index contributed by atoms with van der Waals surface area (Å²) in [6.07, 6.45) is 7.43. The summed E-state index contributed by atoms with van der Waals surface area (Å²) in [6, 6.07) is 0. The first-order chi connectivity index (χ1) is 9.31. The maximum Gasteiger partial charge on any atom is 0.228 e. The molecule has 1 N–H and O–H groups in total. The Kier molecular flexibility index (Phi) is 3.39. The van der Waals surface area contributed by atoms with E-state index in [-0.39, 0.29) is 5.41 Å². The fourth-order valence-electron chi connectivity index (χ4n) is 5.50. The molecule has 0 saturated heterocycles. The van der Waals surface area contributed by atoms with Crippen LogP contribution in [0.15, 0.2) is 0 Å². The third-order valence-corrected chi connectivity index (χ3v) is 5.74. The largest absolute Gasteiger partial charge is 0.389 e. The Morgan fingerprint density at radius 3 is 1.95 bits per heavy atom. The van der Waals surface area contributed by atoms with Crippen LogP contribution < -0.4 is 0 Å². The van der Waals surface area contributed by atoms with Crippen molar-refractivity contribution in [2.45, 2.75) is 64.9 Å². The quantitative estimate of drug-likeness (QED) is 0.859. The second-order valence-corrected chi connectivity index (χ2v) is 8.33. The summed E-state index contributed by atoms with van der Waals surface area (Å²) in [5.74, 6) is 2.73. The Hall–Kier alpha value is -0.570. The second-order valence-electron chi connectivity index (χ2n) is 8.33. The molecule has 0 aromatic rings.